The van der Waals surface area contributed by atoms with Gasteiger partial charge in [0.25, 0.3) is 0 Å². The van der Waals surface area contributed by atoms with Crippen molar-refractivity contribution in [3.63, 3.8) is 0 Å². The number of aromatic nitrogens is 2. The molecule has 1 aliphatic heterocycles. The van der Waals surface area contributed by atoms with Gasteiger partial charge in [-0.1, -0.05) is 30.3 Å². The summed E-state index contributed by atoms with van der Waals surface area (Å²) >= 11 is 6.12. The van der Waals surface area contributed by atoms with E-state index in [0.29, 0.717) is 5.28 Å². The topological polar surface area (TPSA) is 29.0 Å². The van der Waals surface area contributed by atoms with Crippen LogP contribution in [0.3, 0.4) is 0 Å². The van der Waals surface area contributed by atoms with Gasteiger partial charge in [0.2, 0.25) is 5.28 Å². The van der Waals surface area contributed by atoms with Crippen molar-refractivity contribution in [2.75, 3.05) is 11.4 Å². The summed E-state index contributed by atoms with van der Waals surface area (Å²) in [5.74, 6) is 0.901. The Bertz CT molecular complexity index is 816. The maximum atomic E-state index is 6.12. The Morgan fingerprint density at radius 3 is 2.71 bits per heavy atom. The minimum Gasteiger partial charge on any atom is -0.325 e. The van der Waals surface area contributed by atoms with Gasteiger partial charge in [0.15, 0.2) is 0 Å². The zero-order chi connectivity index (χ0) is 14.2. The third kappa shape index (κ3) is 2.14. The van der Waals surface area contributed by atoms with Crippen molar-refractivity contribution in [3.05, 3.63) is 59.4 Å². The van der Waals surface area contributed by atoms with Crippen LogP contribution in [0.25, 0.3) is 10.9 Å². The lowest BCUT2D eigenvalue weighted by Crippen LogP contribution is -2.25. The van der Waals surface area contributed by atoms with E-state index in [9.17, 15) is 0 Å². The lowest BCUT2D eigenvalue weighted by Gasteiger charge is -2.31. The highest BCUT2D eigenvalue weighted by atomic mass is 35.5. The molecule has 2 aromatic carbocycles. The molecule has 0 spiro atoms. The van der Waals surface area contributed by atoms with Crippen LogP contribution in [-0.2, 0) is 6.42 Å². The molecule has 4 heteroatoms. The van der Waals surface area contributed by atoms with Crippen LogP contribution in [0.2, 0.25) is 5.28 Å². The van der Waals surface area contributed by atoms with Crippen LogP contribution in [0, 0.1) is 0 Å². The number of para-hydroxylation sites is 2. The highest BCUT2D eigenvalue weighted by molar-refractivity contribution is 6.28. The van der Waals surface area contributed by atoms with Gasteiger partial charge in [-0.3, -0.25) is 0 Å². The van der Waals surface area contributed by atoms with E-state index in [-0.39, 0.29) is 0 Å². The first kappa shape index (κ1) is 12.6. The standard InChI is InChI=1S/C17H14ClN3/c18-17-19-14-9-3-2-8-13(14)16(20-17)21-11-5-7-12-6-1-4-10-15(12)21/h1-4,6,8-10H,5,7,11H2. The third-order valence-corrected chi connectivity index (χ3v) is 4.09. The zero-order valence-electron chi connectivity index (χ0n) is 11.5. The molecule has 0 atom stereocenters. The first-order chi connectivity index (χ1) is 10.3. The number of aryl methyl sites for hydroxylation is 1. The van der Waals surface area contributed by atoms with E-state index in [1.807, 2.05) is 18.2 Å². The molecule has 0 N–H and O–H groups in total. The zero-order valence-corrected chi connectivity index (χ0v) is 12.2. The Kier molecular flexibility index (Phi) is 3.00. The fourth-order valence-corrected chi connectivity index (χ4v) is 3.16. The van der Waals surface area contributed by atoms with Gasteiger partial charge in [0.05, 0.1) is 5.52 Å². The molecule has 1 aliphatic rings. The summed E-state index contributed by atoms with van der Waals surface area (Å²) in [6.07, 6.45) is 2.23. The highest BCUT2D eigenvalue weighted by Crippen LogP contribution is 2.35. The second kappa shape index (κ2) is 5.01. The number of hydrogen-bond acceptors (Lipinski definition) is 3. The van der Waals surface area contributed by atoms with Crippen molar-refractivity contribution in [1.29, 1.82) is 0 Å². The van der Waals surface area contributed by atoms with Gasteiger partial charge in [-0.05, 0) is 48.2 Å². The van der Waals surface area contributed by atoms with Crippen molar-refractivity contribution in [1.82, 2.24) is 9.97 Å². The summed E-state index contributed by atoms with van der Waals surface area (Å²) in [7, 11) is 0. The molecule has 3 aromatic rings. The van der Waals surface area contributed by atoms with Crippen molar-refractivity contribution < 1.29 is 0 Å². The lowest BCUT2D eigenvalue weighted by molar-refractivity contribution is 0.761. The maximum Gasteiger partial charge on any atom is 0.224 e. The number of nitrogens with zero attached hydrogens (tertiary/aromatic N) is 3. The van der Waals surface area contributed by atoms with E-state index in [2.05, 4.69) is 45.2 Å². The Morgan fingerprint density at radius 1 is 0.952 bits per heavy atom. The molecular weight excluding hydrogens is 282 g/mol. The van der Waals surface area contributed by atoms with E-state index >= 15 is 0 Å². The van der Waals surface area contributed by atoms with Crippen LogP contribution in [0.5, 0.6) is 0 Å². The van der Waals surface area contributed by atoms with Gasteiger partial charge in [-0.2, -0.15) is 4.98 Å². The summed E-state index contributed by atoms with van der Waals surface area (Å²) in [6, 6.07) is 16.5. The second-order valence-corrected chi connectivity index (χ2v) is 5.56. The van der Waals surface area contributed by atoms with Gasteiger partial charge in [0.1, 0.15) is 5.82 Å². The lowest BCUT2D eigenvalue weighted by atomic mass is 10.0. The molecule has 2 heterocycles. The van der Waals surface area contributed by atoms with Crippen LogP contribution < -0.4 is 4.90 Å². The van der Waals surface area contributed by atoms with E-state index in [1.54, 1.807) is 0 Å². The van der Waals surface area contributed by atoms with Gasteiger partial charge in [-0.25, -0.2) is 4.98 Å². The molecule has 0 saturated carbocycles. The average molecular weight is 296 g/mol. The Balaban J connectivity index is 1.96. The Labute approximate surface area is 128 Å². The van der Waals surface area contributed by atoms with Crippen LogP contribution in [0.15, 0.2) is 48.5 Å². The largest absolute Gasteiger partial charge is 0.325 e. The predicted octanol–water partition coefficient (Wildman–Crippen LogP) is 4.37. The van der Waals surface area contributed by atoms with E-state index in [1.165, 1.54) is 11.3 Å². The van der Waals surface area contributed by atoms with Crippen molar-refractivity contribution >= 4 is 34.0 Å². The summed E-state index contributed by atoms with van der Waals surface area (Å²) in [4.78, 5) is 11.1. The van der Waals surface area contributed by atoms with Crippen LogP contribution >= 0.6 is 11.6 Å². The fraction of sp³-hybridized carbons (Fsp3) is 0.176. The van der Waals surface area contributed by atoms with Gasteiger partial charge in [0, 0.05) is 17.6 Å². The number of halogens is 1. The minimum atomic E-state index is 0.298. The van der Waals surface area contributed by atoms with Crippen LogP contribution in [0.4, 0.5) is 11.5 Å². The molecule has 0 fully saturated rings. The summed E-state index contributed by atoms with van der Waals surface area (Å²) in [6.45, 7) is 0.953. The van der Waals surface area contributed by atoms with Gasteiger partial charge in [-0.15, -0.1) is 0 Å². The summed E-state index contributed by atoms with van der Waals surface area (Å²) in [5, 5.41) is 1.34. The molecule has 3 nitrogen and oxygen atoms in total. The molecular formula is C17H14ClN3. The van der Waals surface area contributed by atoms with Gasteiger partial charge < -0.3 is 4.90 Å². The summed E-state index contributed by atoms with van der Waals surface area (Å²) < 4.78 is 0. The van der Waals surface area contributed by atoms with Crippen molar-refractivity contribution in [3.8, 4) is 0 Å². The second-order valence-electron chi connectivity index (χ2n) is 5.22. The van der Waals surface area contributed by atoms with Crippen LogP contribution in [-0.4, -0.2) is 16.5 Å². The molecule has 104 valence electrons. The first-order valence-corrected chi connectivity index (χ1v) is 7.48. The molecule has 0 aliphatic carbocycles. The van der Waals surface area contributed by atoms with E-state index in [0.717, 1.165) is 36.1 Å². The maximum absolute atomic E-state index is 6.12. The molecule has 4 rings (SSSR count). The number of fused-ring (bicyclic) bond motifs is 2. The number of anilines is 2. The molecule has 0 unspecified atom stereocenters. The molecule has 1 aromatic heterocycles. The molecule has 21 heavy (non-hydrogen) atoms. The highest BCUT2D eigenvalue weighted by Gasteiger charge is 2.21. The number of rotatable bonds is 1. The minimum absolute atomic E-state index is 0.298. The fourth-order valence-electron chi connectivity index (χ4n) is 2.99. The molecule has 0 saturated heterocycles. The number of benzene rings is 2. The molecule has 0 amide bonds. The van der Waals surface area contributed by atoms with Crippen molar-refractivity contribution in [2.45, 2.75) is 12.8 Å². The van der Waals surface area contributed by atoms with Crippen LogP contribution in [0.1, 0.15) is 12.0 Å². The normalized spacial score (nSPS) is 14.2. The van der Waals surface area contributed by atoms with Crippen molar-refractivity contribution in [2.24, 2.45) is 0 Å². The quantitative estimate of drug-likeness (QED) is 0.624. The Hall–Kier alpha value is -2.13. The SMILES string of the molecule is Clc1nc(N2CCCc3ccccc32)c2ccccc2n1. The average Bonchev–Trinajstić information content (AvgIpc) is 2.53. The molecule has 0 radical (unpaired) electrons. The molecule has 0 bridgehead atoms. The monoisotopic (exact) mass is 295 g/mol. The Morgan fingerprint density at radius 2 is 1.76 bits per heavy atom. The first-order valence-electron chi connectivity index (χ1n) is 7.11. The summed E-state index contributed by atoms with van der Waals surface area (Å²) in [5.41, 5.74) is 3.47. The van der Waals surface area contributed by atoms with E-state index in [4.69, 9.17) is 11.6 Å². The number of hydrogen-bond donors (Lipinski definition) is 0. The third-order valence-electron chi connectivity index (χ3n) is 3.92. The smallest absolute Gasteiger partial charge is 0.224 e. The predicted molar refractivity (Wildman–Crippen MR) is 86.3 cm³/mol. The van der Waals surface area contributed by atoms with Gasteiger partial charge >= 0.3 is 0 Å². The van der Waals surface area contributed by atoms with E-state index < -0.39 is 0 Å².